The average molecular weight is 261 g/mol. The summed E-state index contributed by atoms with van der Waals surface area (Å²) in [4.78, 5) is 0. The van der Waals surface area contributed by atoms with Gasteiger partial charge in [0.15, 0.2) is 0 Å². The van der Waals surface area contributed by atoms with Crippen LogP contribution in [-0.2, 0) is 9.84 Å². The fourth-order valence-electron chi connectivity index (χ4n) is 2.69. The molecule has 0 saturated heterocycles. The molecule has 0 amide bonds. The SMILES string of the molecule is CCS(=O)(=O)CCCNC1CCC(C)CC1C. The first kappa shape index (κ1) is 15.0. The van der Waals surface area contributed by atoms with Crippen LogP contribution in [0.25, 0.3) is 0 Å². The van der Waals surface area contributed by atoms with Crippen molar-refractivity contribution < 1.29 is 8.42 Å². The monoisotopic (exact) mass is 261 g/mol. The van der Waals surface area contributed by atoms with Gasteiger partial charge in [0.1, 0.15) is 9.84 Å². The molecule has 1 fully saturated rings. The Bertz CT molecular complexity index is 313. The summed E-state index contributed by atoms with van der Waals surface area (Å²) in [6.45, 7) is 7.17. The number of rotatable bonds is 6. The summed E-state index contributed by atoms with van der Waals surface area (Å²) in [5, 5.41) is 3.52. The van der Waals surface area contributed by atoms with Crippen molar-refractivity contribution in [2.24, 2.45) is 11.8 Å². The molecule has 0 aromatic heterocycles. The maximum Gasteiger partial charge on any atom is 0.150 e. The fourth-order valence-corrected chi connectivity index (χ4v) is 3.57. The molecule has 3 unspecified atom stereocenters. The molecule has 1 rings (SSSR count). The summed E-state index contributed by atoms with van der Waals surface area (Å²) in [5.74, 6) is 2.17. The second-order valence-corrected chi connectivity index (χ2v) is 8.02. The molecule has 1 aliphatic rings. The molecule has 1 N–H and O–H groups in total. The van der Waals surface area contributed by atoms with Crippen LogP contribution in [0.15, 0.2) is 0 Å². The van der Waals surface area contributed by atoms with E-state index in [9.17, 15) is 8.42 Å². The minimum Gasteiger partial charge on any atom is -0.314 e. The van der Waals surface area contributed by atoms with Crippen LogP contribution >= 0.6 is 0 Å². The lowest BCUT2D eigenvalue weighted by molar-refractivity contribution is 0.229. The van der Waals surface area contributed by atoms with Gasteiger partial charge in [0.05, 0.1) is 5.75 Å². The Kier molecular flexibility index (Phi) is 5.93. The molecule has 0 heterocycles. The van der Waals surface area contributed by atoms with Gasteiger partial charge in [-0.2, -0.15) is 0 Å². The van der Waals surface area contributed by atoms with E-state index in [1.54, 1.807) is 6.92 Å². The molecule has 0 aromatic carbocycles. The zero-order valence-corrected chi connectivity index (χ0v) is 12.2. The van der Waals surface area contributed by atoms with Crippen molar-refractivity contribution in [2.75, 3.05) is 18.1 Å². The number of hydrogen-bond donors (Lipinski definition) is 1. The zero-order chi connectivity index (χ0) is 12.9. The van der Waals surface area contributed by atoms with Crippen molar-refractivity contribution in [3.05, 3.63) is 0 Å². The standard InChI is InChI=1S/C13H27NO2S/c1-4-17(15,16)9-5-8-14-13-7-6-11(2)10-12(13)3/h11-14H,4-10H2,1-3H3. The second-order valence-electron chi connectivity index (χ2n) is 5.55. The Morgan fingerprint density at radius 3 is 2.53 bits per heavy atom. The van der Waals surface area contributed by atoms with Crippen molar-refractivity contribution >= 4 is 9.84 Å². The van der Waals surface area contributed by atoms with E-state index in [0.717, 1.165) is 24.8 Å². The molecule has 1 saturated carbocycles. The third-order valence-electron chi connectivity index (χ3n) is 3.91. The molecule has 0 bridgehead atoms. The highest BCUT2D eigenvalue weighted by molar-refractivity contribution is 7.91. The predicted molar refractivity (Wildman–Crippen MR) is 72.9 cm³/mol. The van der Waals surface area contributed by atoms with E-state index in [-0.39, 0.29) is 5.75 Å². The lowest BCUT2D eigenvalue weighted by atomic mass is 9.80. The van der Waals surface area contributed by atoms with Gasteiger partial charge in [0.25, 0.3) is 0 Å². The Balaban J connectivity index is 2.19. The van der Waals surface area contributed by atoms with Gasteiger partial charge in [-0.15, -0.1) is 0 Å². The summed E-state index contributed by atoms with van der Waals surface area (Å²) in [6.07, 6.45) is 4.58. The first-order chi connectivity index (χ1) is 7.94. The summed E-state index contributed by atoms with van der Waals surface area (Å²) < 4.78 is 22.7. The fraction of sp³-hybridized carbons (Fsp3) is 1.00. The largest absolute Gasteiger partial charge is 0.314 e. The van der Waals surface area contributed by atoms with E-state index in [1.165, 1.54) is 19.3 Å². The Hall–Kier alpha value is -0.0900. The van der Waals surface area contributed by atoms with Gasteiger partial charge >= 0.3 is 0 Å². The highest BCUT2D eigenvalue weighted by Crippen LogP contribution is 2.28. The van der Waals surface area contributed by atoms with Crippen LogP contribution in [-0.4, -0.2) is 32.5 Å². The summed E-state index contributed by atoms with van der Waals surface area (Å²) >= 11 is 0. The summed E-state index contributed by atoms with van der Waals surface area (Å²) in [6, 6.07) is 0.593. The first-order valence-corrected chi connectivity index (χ1v) is 8.70. The van der Waals surface area contributed by atoms with Gasteiger partial charge in [-0.05, 0) is 44.1 Å². The molecule has 3 nitrogen and oxygen atoms in total. The molecule has 0 spiro atoms. The molecular weight excluding hydrogens is 234 g/mol. The Morgan fingerprint density at radius 1 is 1.24 bits per heavy atom. The van der Waals surface area contributed by atoms with Gasteiger partial charge in [0, 0.05) is 11.8 Å². The van der Waals surface area contributed by atoms with Crippen LogP contribution < -0.4 is 5.32 Å². The highest BCUT2D eigenvalue weighted by Gasteiger charge is 2.24. The van der Waals surface area contributed by atoms with E-state index >= 15 is 0 Å². The third kappa shape index (κ3) is 5.38. The molecule has 0 radical (unpaired) electrons. The lowest BCUT2D eigenvalue weighted by Crippen LogP contribution is -2.39. The van der Waals surface area contributed by atoms with Crippen molar-refractivity contribution in [1.82, 2.24) is 5.32 Å². The van der Waals surface area contributed by atoms with Crippen LogP contribution in [0.1, 0.15) is 46.5 Å². The number of hydrogen-bond acceptors (Lipinski definition) is 3. The Labute approximate surface area is 106 Å². The van der Waals surface area contributed by atoms with Crippen molar-refractivity contribution in [2.45, 2.75) is 52.5 Å². The smallest absolute Gasteiger partial charge is 0.150 e. The van der Waals surface area contributed by atoms with E-state index in [2.05, 4.69) is 19.2 Å². The molecule has 4 heteroatoms. The van der Waals surface area contributed by atoms with Gasteiger partial charge in [0.2, 0.25) is 0 Å². The van der Waals surface area contributed by atoms with Crippen LogP contribution in [0.5, 0.6) is 0 Å². The van der Waals surface area contributed by atoms with Crippen LogP contribution in [0, 0.1) is 11.8 Å². The van der Waals surface area contributed by atoms with Crippen LogP contribution in [0.3, 0.4) is 0 Å². The van der Waals surface area contributed by atoms with Gasteiger partial charge in [-0.3, -0.25) is 0 Å². The normalized spacial score (nSPS) is 30.4. The molecule has 17 heavy (non-hydrogen) atoms. The minimum atomic E-state index is -2.78. The van der Waals surface area contributed by atoms with Crippen LogP contribution in [0.4, 0.5) is 0 Å². The predicted octanol–water partition coefficient (Wildman–Crippen LogP) is 2.23. The topological polar surface area (TPSA) is 46.2 Å². The van der Waals surface area contributed by atoms with E-state index < -0.39 is 9.84 Å². The van der Waals surface area contributed by atoms with E-state index in [0.29, 0.717) is 11.8 Å². The molecular formula is C13H27NO2S. The molecule has 102 valence electrons. The Morgan fingerprint density at radius 2 is 1.94 bits per heavy atom. The van der Waals surface area contributed by atoms with Gasteiger partial charge in [-0.25, -0.2) is 8.42 Å². The third-order valence-corrected chi connectivity index (χ3v) is 5.70. The minimum absolute atomic E-state index is 0.268. The number of sulfone groups is 1. The highest BCUT2D eigenvalue weighted by atomic mass is 32.2. The molecule has 0 aromatic rings. The maximum absolute atomic E-state index is 11.3. The summed E-state index contributed by atoms with van der Waals surface area (Å²) in [5.41, 5.74) is 0. The lowest BCUT2D eigenvalue weighted by Gasteiger charge is -2.33. The second kappa shape index (κ2) is 6.74. The van der Waals surface area contributed by atoms with Crippen LogP contribution in [0.2, 0.25) is 0 Å². The summed E-state index contributed by atoms with van der Waals surface area (Å²) in [7, 11) is -2.78. The average Bonchev–Trinajstić information content (AvgIpc) is 2.27. The molecule has 0 aliphatic heterocycles. The zero-order valence-electron chi connectivity index (χ0n) is 11.4. The molecule has 3 atom stereocenters. The first-order valence-electron chi connectivity index (χ1n) is 6.88. The quantitative estimate of drug-likeness (QED) is 0.746. The molecule has 1 aliphatic carbocycles. The van der Waals surface area contributed by atoms with Gasteiger partial charge < -0.3 is 5.32 Å². The maximum atomic E-state index is 11.3. The van der Waals surface area contributed by atoms with Crippen molar-refractivity contribution in [1.29, 1.82) is 0 Å². The number of nitrogens with one attached hydrogen (secondary N) is 1. The van der Waals surface area contributed by atoms with Crippen molar-refractivity contribution in [3.8, 4) is 0 Å². The van der Waals surface area contributed by atoms with E-state index in [4.69, 9.17) is 0 Å². The van der Waals surface area contributed by atoms with Gasteiger partial charge in [-0.1, -0.05) is 20.8 Å². The van der Waals surface area contributed by atoms with E-state index in [1.807, 2.05) is 0 Å². The van der Waals surface area contributed by atoms with Crippen molar-refractivity contribution in [3.63, 3.8) is 0 Å².